The average Bonchev–Trinajstić information content (AvgIpc) is 1.88. The maximum Gasteiger partial charge on any atom is 0.340 e. The lowest BCUT2D eigenvalue weighted by Gasteiger charge is -1.86. The Labute approximate surface area is 70.3 Å². The number of rotatable bonds is 1. The van der Waals surface area contributed by atoms with E-state index in [2.05, 4.69) is 0 Å². The van der Waals surface area contributed by atoms with Crippen LogP contribution in [0, 0.1) is 3.57 Å². The van der Waals surface area contributed by atoms with Gasteiger partial charge in [-0.25, -0.2) is 6.14 Å². The maximum absolute atomic E-state index is 10.4. The molecule has 54 valence electrons. The third-order valence-electron chi connectivity index (χ3n) is 0.982. The van der Waals surface area contributed by atoms with E-state index < -0.39 is 19.8 Å². The van der Waals surface area contributed by atoms with Crippen molar-refractivity contribution in [3.05, 3.63) is 32.9 Å². The van der Waals surface area contributed by atoms with E-state index in [9.17, 15) is 6.14 Å². The van der Waals surface area contributed by atoms with Gasteiger partial charge in [-0.15, -0.1) is 0 Å². The van der Waals surface area contributed by atoms with Crippen LogP contribution in [0.5, 0.6) is 0 Å². The van der Waals surface area contributed by atoms with Crippen molar-refractivity contribution in [2.24, 2.45) is 0 Å². The molecule has 0 aliphatic rings. The summed E-state index contributed by atoms with van der Waals surface area (Å²) in [5.41, 5.74) is 0. The van der Waals surface area contributed by atoms with E-state index >= 15 is 0 Å². The van der Waals surface area contributed by atoms with Gasteiger partial charge >= 0.3 is 19.8 Å². The van der Waals surface area contributed by atoms with Crippen molar-refractivity contribution in [3.8, 4) is 0 Å². The topological polar surface area (TPSA) is 34.1 Å². The van der Waals surface area contributed by atoms with Crippen LogP contribution in [0.25, 0.3) is 0 Å². The molecule has 0 radical (unpaired) electrons. The lowest BCUT2D eigenvalue weighted by Crippen LogP contribution is -1.68. The smallest absolute Gasteiger partial charge is 0.230 e. The predicted octanol–water partition coefficient (Wildman–Crippen LogP) is 2.71. The Bertz CT molecular complexity index is 281. The summed E-state index contributed by atoms with van der Waals surface area (Å²) in [5, 5.41) is 0.557. The predicted molar refractivity (Wildman–Crippen MR) is 45.5 cm³/mol. The van der Waals surface area contributed by atoms with Gasteiger partial charge in [-0.05, 0) is 24.3 Å². The van der Waals surface area contributed by atoms with Crippen molar-refractivity contribution < 1.29 is 6.14 Å². The van der Waals surface area contributed by atoms with Crippen LogP contribution in [-0.4, -0.2) is 0 Å². The summed E-state index contributed by atoms with van der Waals surface area (Å²) in [6.45, 7) is 0. The maximum atomic E-state index is 10.4. The first-order valence-electron chi connectivity index (χ1n) is 2.51. The van der Waals surface area contributed by atoms with Gasteiger partial charge < -0.3 is 0 Å². The molecule has 4 heteroatoms. The lowest BCUT2D eigenvalue weighted by molar-refractivity contribution is 0.610. The molecule has 2 nitrogen and oxygen atoms in total. The number of halogens is 2. The molecule has 0 unspecified atom stereocenters. The van der Waals surface area contributed by atoms with Gasteiger partial charge in [0.25, 0.3) is 0 Å². The summed E-state index contributed by atoms with van der Waals surface area (Å²) in [6, 6.07) is 6.15. The van der Waals surface area contributed by atoms with Crippen LogP contribution in [0.3, 0.4) is 0 Å². The van der Waals surface area contributed by atoms with Crippen LogP contribution < -0.4 is 0 Å². The molecule has 0 bridgehead atoms. The molecule has 0 fully saturated rings. The van der Waals surface area contributed by atoms with E-state index in [-0.39, 0.29) is 0 Å². The lowest BCUT2D eigenvalue weighted by atomic mass is 10.4. The van der Waals surface area contributed by atoms with Crippen molar-refractivity contribution in [2.45, 2.75) is 0 Å². The summed E-state index contributed by atoms with van der Waals surface area (Å²) < 4.78 is 21.2. The molecule has 1 aromatic carbocycles. The molecule has 0 saturated carbocycles. The standard InChI is InChI=1S/C6H4ClIO2/c7-5-1-3-6(4-2-5)8(9)10/h1-4H. The molecule has 0 aromatic heterocycles. The van der Waals surface area contributed by atoms with Crippen LogP contribution in [-0.2, 0) is 6.14 Å². The third kappa shape index (κ3) is 1.91. The molecule has 0 aliphatic heterocycles. The minimum atomic E-state index is -3.26. The minimum Gasteiger partial charge on any atom is -0.230 e. The SMILES string of the molecule is O=I(=O)c1ccc(Cl)cc1. The molecule has 0 aliphatic carbocycles. The second-order valence-corrected chi connectivity index (χ2v) is 4.58. The monoisotopic (exact) mass is 270 g/mol. The highest BCUT2D eigenvalue weighted by molar-refractivity contribution is 14.2. The molecule has 1 aromatic rings. The van der Waals surface area contributed by atoms with Crippen molar-refractivity contribution in [3.63, 3.8) is 0 Å². The fourth-order valence-corrected chi connectivity index (χ4v) is 1.61. The molecular formula is C6H4ClIO2. The molecule has 0 saturated heterocycles. The molecule has 1 rings (SSSR count). The fourth-order valence-electron chi connectivity index (χ4n) is 0.532. The van der Waals surface area contributed by atoms with Gasteiger partial charge in [0.15, 0.2) is 0 Å². The highest BCUT2D eigenvalue weighted by atomic mass is 127. The Balaban J connectivity index is 3.12. The zero-order chi connectivity index (χ0) is 7.56. The Hall–Kier alpha value is -0.160. The summed E-state index contributed by atoms with van der Waals surface area (Å²) in [6.07, 6.45) is 0. The Morgan fingerprint density at radius 2 is 1.60 bits per heavy atom. The highest BCUT2D eigenvalue weighted by Gasteiger charge is 1.95. The van der Waals surface area contributed by atoms with E-state index in [0.717, 1.165) is 0 Å². The quantitative estimate of drug-likeness (QED) is 0.735. The van der Waals surface area contributed by atoms with Gasteiger partial charge in [-0.2, -0.15) is 0 Å². The number of hydrogen-bond acceptors (Lipinski definition) is 2. The van der Waals surface area contributed by atoms with Crippen LogP contribution in [0.1, 0.15) is 0 Å². The van der Waals surface area contributed by atoms with Gasteiger partial charge in [-0.1, -0.05) is 11.6 Å². The summed E-state index contributed by atoms with van der Waals surface area (Å²) in [5.74, 6) is 0. The number of hydrogen-bond donors (Lipinski definition) is 0. The molecule has 0 N–H and O–H groups in total. The van der Waals surface area contributed by atoms with Gasteiger partial charge in [0, 0.05) is 5.02 Å². The largest absolute Gasteiger partial charge is 0.340 e. The van der Waals surface area contributed by atoms with Gasteiger partial charge in [-0.3, -0.25) is 0 Å². The van der Waals surface area contributed by atoms with E-state index in [1.165, 1.54) is 12.1 Å². The van der Waals surface area contributed by atoms with Gasteiger partial charge in [0.1, 0.15) is 0 Å². The Morgan fingerprint density at radius 3 is 2.00 bits per heavy atom. The summed E-state index contributed by atoms with van der Waals surface area (Å²) in [4.78, 5) is 0. The fraction of sp³-hybridized carbons (Fsp3) is 0. The van der Waals surface area contributed by atoms with Crippen molar-refractivity contribution in [1.82, 2.24) is 0 Å². The molecule has 0 atom stereocenters. The molecule has 0 spiro atoms. The minimum absolute atomic E-state index is 0.383. The Kier molecular flexibility index (Phi) is 2.62. The molecular weight excluding hydrogens is 266 g/mol. The first-order valence-corrected chi connectivity index (χ1v) is 5.73. The normalized spacial score (nSPS) is 10.2. The van der Waals surface area contributed by atoms with E-state index in [1.54, 1.807) is 12.1 Å². The average molecular weight is 270 g/mol. The number of benzene rings is 1. The van der Waals surface area contributed by atoms with E-state index in [1.807, 2.05) is 0 Å². The Morgan fingerprint density at radius 1 is 1.10 bits per heavy atom. The molecule has 10 heavy (non-hydrogen) atoms. The van der Waals surface area contributed by atoms with Gasteiger partial charge in [0.05, 0.1) is 3.57 Å². The van der Waals surface area contributed by atoms with E-state index in [4.69, 9.17) is 11.6 Å². The van der Waals surface area contributed by atoms with Gasteiger partial charge in [0.2, 0.25) is 0 Å². The van der Waals surface area contributed by atoms with Crippen molar-refractivity contribution in [1.29, 1.82) is 0 Å². The highest BCUT2D eigenvalue weighted by Crippen LogP contribution is 2.18. The zero-order valence-corrected chi connectivity index (χ0v) is 7.80. The van der Waals surface area contributed by atoms with Crippen molar-refractivity contribution >= 4 is 31.4 Å². The van der Waals surface area contributed by atoms with Crippen LogP contribution in [0.2, 0.25) is 5.02 Å². The van der Waals surface area contributed by atoms with Crippen molar-refractivity contribution in [2.75, 3.05) is 0 Å². The second kappa shape index (κ2) is 3.30. The van der Waals surface area contributed by atoms with Crippen LogP contribution >= 0.6 is 31.4 Å². The van der Waals surface area contributed by atoms with Crippen LogP contribution in [0.4, 0.5) is 0 Å². The first kappa shape index (κ1) is 7.94. The molecule has 0 amide bonds. The zero-order valence-electron chi connectivity index (χ0n) is 4.88. The first-order chi connectivity index (χ1) is 4.70. The second-order valence-electron chi connectivity index (χ2n) is 1.65. The van der Waals surface area contributed by atoms with E-state index in [0.29, 0.717) is 8.59 Å². The third-order valence-corrected chi connectivity index (χ3v) is 2.97. The summed E-state index contributed by atoms with van der Waals surface area (Å²) >= 11 is 2.27. The van der Waals surface area contributed by atoms with Crippen LogP contribution in [0.15, 0.2) is 24.3 Å². The molecule has 0 heterocycles. The summed E-state index contributed by atoms with van der Waals surface area (Å²) in [7, 11) is 0.